The van der Waals surface area contributed by atoms with Crippen molar-refractivity contribution in [1.29, 1.82) is 0 Å². The Morgan fingerprint density at radius 3 is 2.58 bits per heavy atom. The van der Waals surface area contributed by atoms with E-state index in [4.69, 9.17) is 17.2 Å². The molecule has 1 aromatic carbocycles. The van der Waals surface area contributed by atoms with Crippen LogP contribution in [0.25, 0.3) is 21.7 Å². The topological polar surface area (TPSA) is 31.4 Å². The molecule has 0 aliphatic carbocycles. The summed E-state index contributed by atoms with van der Waals surface area (Å²) in [5.41, 5.74) is 3.48. The van der Waals surface area contributed by atoms with Crippen molar-refractivity contribution in [3.05, 3.63) is 47.2 Å². The van der Waals surface area contributed by atoms with Gasteiger partial charge in [0.2, 0.25) is 0 Å². The zero-order valence-electron chi connectivity index (χ0n) is 14.5. The molecule has 0 saturated carbocycles. The number of thiazole rings is 1. The summed E-state index contributed by atoms with van der Waals surface area (Å²) in [6.07, 6.45) is 0. The minimum absolute atomic E-state index is 0.773. The van der Waals surface area contributed by atoms with Crippen LogP contribution in [-0.2, 0) is 0 Å². The predicted molar refractivity (Wildman–Crippen MR) is 116 cm³/mol. The van der Waals surface area contributed by atoms with Crippen LogP contribution in [0.2, 0.25) is 0 Å². The number of hydrogen-bond acceptors (Lipinski definition) is 5. The smallest absolute Gasteiger partial charge is 0.189 e. The summed E-state index contributed by atoms with van der Waals surface area (Å²) in [5.74, 6) is 0. The van der Waals surface area contributed by atoms with Gasteiger partial charge >= 0.3 is 0 Å². The van der Waals surface area contributed by atoms with E-state index in [1.165, 1.54) is 16.0 Å². The highest BCUT2D eigenvalue weighted by Gasteiger charge is 2.17. The summed E-state index contributed by atoms with van der Waals surface area (Å²) in [7, 11) is 2.14. The third-order valence-electron chi connectivity index (χ3n) is 4.47. The van der Waals surface area contributed by atoms with Gasteiger partial charge in [0.25, 0.3) is 0 Å². The van der Waals surface area contributed by atoms with Gasteiger partial charge in [0.1, 0.15) is 0 Å². The van der Waals surface area contributed by atoms with Crippen LogP contribution in [0.15, 0.2) is 47.2 Å². The molecule has 0 unspecified atom stereocenters. The third kappa shape index (κ3) is 3.96. The van der Waals surface area contributed by atoms with E-state index in [1.807, 2.05) is 6.07 Å². The highest BCUT2D eigenvalue weighted by atomic mass is 32.1. The van der Waals surface area contributed by atoms with E-state index < -0.39 is 0 Å². The molecule has 1 aliphatic rings. The number of piperazine rings is 1. The second-order valence-electron chi connectivity index (χ2n) is 6.32. The SMILES string of the molecule is CN1CCN(C(=S)Nc2nc(-c3cc(-c4ccccc4)cs3)cs2)CC1. The molecule has 0 radical (unpaired) electrons. The Kier molecular flexibility index (Phi) is 5.31. The van der Waals surface area contributed by atoms with Gasteiger partial charge in [-0.1, -0.05) is 30.3 Å². The second kappa shape index (κ2) is 7.84. The molecule has 0 spiro atoms. The van der Waals surface area contributed by atoms with Gasteiger partial charge in [0.15, 0.2) is 10.2 Å². The molecule has 26 heavy (non-hydrogen) atoms. The van der Waals surface area contributed by atoms with Gasteiger partial charge in [-0.3, -0.25) is 0 Å². The maximum atomic E-state index is 5.55. The molecular weight excluding hydrogens is 380 g/mol. The van der Waals surface area contributed by atoms with Crippen LogP contribution in [-0.4, -0.2) is 53.1 Å². The summed E-state index contributed by atoms with van der Waals surface area (Å²) < 4.78 is 0. The first-order valence-electron chi connectivity index (χ1n) is 8.53. The number of rotatable bonds is 3. The molecule has 134 valence electrons. The average molecular weight is 401 g/mol. The number of benzene rings is 1. The van der Waals surface area contributed by atoms with Crippen LogP contribution >= 0.6 is 34.9 Å². The van der Waals surface area contributed by atoms with Gasteiger partial charge in [0.05, 0.1) is 10.6 Å². The van der Waals surface area contributed by atoms with E-state index >= 15 is 0 Å². The molecule has 7 heteroatoms. The molecule has 4 nitrogen and oxygen atoms in total. The summed E-state index contributed by atoms with van der Waals surface area (Å²) in [6, 6.07) is 12.6. The van der Waals surface area contributed by atoms with Crippen LogP contribution in [0.5, 0.6) is 0 Å². The fourth-order valence-corrected chi connectivity index (χ4v) is 4.88. The van der Waals surface area contributed by atoms with Crippen LogP contribution < -0.4 is 5.32 Å². The normalized spacial score (nSPS) is 15.2. The molecular formula is C19H20N4S3. The van der Waals surface area contributed by atoms with Crippen LogP contribution in [0.1, 0.15) is 0 Å². The number of nitrogens with one attached hydrogen (secondary N) is 1. The van der Waals surface area contributed by atoms with Crippen molar-refractivity contribution in [3.63, 3.8) is 0 Å². The quantitative estimate of drug-likeness (QED) is 0.655. The van der Waals surface area contributed by atoms with Gasteiger partial charge < -0.3 is 15.1 Å². The minimum Gasteiger partial charge on any atom is -0.346 e. The molecule has 2 aromatic heterocycles. The number of thiophene rings is 1. The first-order valence-corrected chi connectivity index (χ1v) is 10.7. The Balaban J connectivity index is 1.43. The summed E-state index contributed by atoms with van der Waals surface area (Å²) in [6.45, 7) is 4.02. The Morgan fingerprint density at radius 2 is 1.81 bits per heavy atom. The first kappa shape index (κ1) is 17.6. The fraction of sp³-hybridized carbons (Fsp3) is 0.263. The highest BCUT2D eigenvalue weighted by Crippen LogP contribution is 2.34. The zero-order chi connectivity index (χ0) is 17.9. The summed E-state index contributed by atoms with van der Waals surface area (Å²) in [5, 5.41) is 9.22. The minimum atomic E-state index is 0.773. The second-order valence-corrected chi connectivity index (χ2v) is 8.48. The number of thiocarbonyl (C=S) groups is 1. The van der Waals surface area contributed by atoms with Gasteiger partial charge in [-0.15, -0.1) is 22.7 Å². The predicted octanol–water partition coefficient (Wildman–Crippen LogP) is 4.48. The van der Waals surface area contributed by atoms with Crippen molar-refractivity contribution in [2.45, 2.75) is 0 Å². The molecule has 3 aromatic rings. The lowest BCUT2D eigenvalue weighted by atomic mass is 10.1. The summed E-state index contributed by atoms with van der Waals surface area (Å²) >= 11 is 8.88. The molecule has 0 atom stereocenters. The van der Waals surface area contributed by atoms with Gasteiger partial charge in [-0.05, 0) is 41.8 Å². The largest absolute Gasteiger partial charge is 0.346 e. The first-order chi connectivity index (χ1) is 12.7. The number of aromatic nitrogens is 1. The maximum Gasteiger partial charge on any atom is 0.189 e. The number of likely N-dealkylation sites (N-methyl/N-ethyl adjacent to an activating group) is 1. The van der Waals surface area contributed by atoms with E-state index in [-0.39, 0.29) is 0 Å². The Hall–Kier alpha value is -1.80. The summed E-state index contributed by atoms with van der Waals surface area (Å²) in [4.78, 5) is 10.4. The van der Waals surface area contributed by atoms with Crippen molar-refractivity contribution < 1.29 is 0 Å². The Labute approximate surface area is 167 Å². The molecule has 1 fully saturated rings. The third-order valence-corrected chi connectivity index (χ3v) is 6.54. The highest BCUT2D eigenvalue weighted by molar-refractivity contribution is 7.80. The van der Waals surface area contributed by atoms with Crippen molar-refractivity contribution in [2.75, 3.05) is 38.5 Å². The average Bonchev–Trinajstić information content (AvgIpc) is 3.32. The maximum absolute atomic E-state index is 5.55. The van der Waals surface area contributed by atoms with Gasteiger partial charge in [-0.25, -0.2) is 4.98 Å². The van der Waals surface area contributed by atoms with Crippen molar-refractivity contribution in [2.24, 2.45) is 0 Å². The van der Waals surface area contributed by atoms with Crippen LogP contribution in [0.4, 0.5) is 5.13 Å². The van der Waals surface area contributed by atoms with E-state index in [9.17, 15) is 0 Å². The van der Waals surface area contributed by atoms with Crippen molar-refractivity contribution in [3.8, 4) is 21.7 Å². The molecule has 1 saturated heterocycles. The van der Waals surface area contributed by atoms with Crippen LogP contribution in [0.3, 0.4) is 0 Å². The Morgan fingerprint density at radius 1 is 1.04 bits per heavy atom. The van der Waals surface area contributed by atoms with Crippen molar-refractivity contribution in [1.82, 2.24) is 14.8 Å². The van der Waals surface area contributed by atoms with Gasteiger partial charge in [-0.2, -0.15) is 0 Å². The van der Waals surface area contributed by atoms with Crippen molar-refractivity contribution >= 4 is 45.1 Å². The zero-order valence-corrected chi connectivity index (χ0v) is 17.0. The van der Waals surface area contributed by atoms with E-state index in [2.05, 4.69) is 63.3 Å². The van der Waals surface area contributed by atoms with E-state index in [0.717, 1.165) is 42.1 Å². The van der Waals surface area contributed by atoms with E-state index in [1.54, 1.807) is 22.7 Å². The molecule has 1 N–H and O–H groups in total. The monoisotopic (exact) mass is 400 g/mol. The lowest BCUT2D eigenvalue weighted by molar-refractivity contribution is 0.217. The van der Waals surface area contributed by atoms with Gasteiger partial charge in [0, 0.05) is 31.6 Å². The van der Waals surface area contributed by atoms with Crippen LogP contribution in [0, 0.1) is 0 Å². The molecule has 0 bridgehead atoms. The number of hydrogen-bond donors (Lipinski definition) is 1. The molecule has 0 amide bonds. The van der Waals surface area contributed by atoms with E-state index in [0.29, 0.717) is 0 Å². The molecule has 1 aliphatic heterocycles. The lowest BCUT2D eigenvalue weighted by Crippen LogP contribution is -2.48. The fourth-order valence-electron chi connectivity index (χ4n) is 2.88. The molecule has 4 rings (SSSR count). The lowest BCUT2D eigenvalue weighted by Gasteiger charge is -2.33. The number of anilines is 1. The Bertz CT molecular complexity index is 879. The molecule has 3 heterocycles. The number of nitrogens with zero attached hydrogens (tertiary/aromatic N) is 3. The standard InChI is InChI=1S/C19H20N4S3/c1-22-7-9-23(10-8-22)19(24)21-18-20-16(13-26-18)17-11-15(12-25-17)14-5-3-2-4-6-14/h2-6,11-13H,7-10H2,1H3,(H,20,21,24).